The van der Waals surface area contributed by atoms with E-state index in [9.17, 15) is 22.8 Å². The highest BCUT2D eigenvalue weighted by molar-refractivity contribution is 7.85. The van der Waals surface area contributed by atoms with Crippen LogP contribution in [0.3, 0.4) is 0 Å². The summed E-state index contributed by atoms with van der Waals surface area (Å²) in [5.74, 6) is -2.76. The predicted octanol–water partition coefficient (Wildman–Crippen LogP) is -0.346. The van der Waals surface area contributed by atoms with Crippen molar-refractivity contribution in [3.63, 3.8) is 0 Å². The third kappa shape index (κ3) is 6.64. The summed E-state index contributed by atoms with van der Waals surface area (Å²) in [6.45, 7) is 1.84. The maximum atomic E-state index is 12.7. The molecular weight excluding hydrogens is 397 g/mol. The highest BCUT2D eigenvalue weighted by Gasteiger charge is 2.27. The molecule has 0 saturated carbocycles. The van der Waals surface area contributed by atoms with Crippen LogP contribution in [0.4, 0.5) is 11.4 Å². The number of carbonyl (C=O) groups is 3. The Morgan fingerprint density at radius 1 is 0.897 bits per heavy atom. The van der Waals surface area contributed by atoms with E-state index in [1.165, 1.54) is 13.8 Å². The molecule has 0 heterocycles. The van der Waals surface area contributed by atoms with Crippen LogP contribution in [0.1, 0.15) is 40.9 Å². The van der Waals surface area contributed by atoms with E-state index in [0.29, 0.717) is 5.56 Å². The Bertz CT molecular complexity index is 875. The van der Waals surface area contributed by atoms with Crippen molar-refractivity contribution in [3.05, 3.63) is 22.3 Å². The van der Waals surface area contributed by atoms with Gasteiger partial charge in [0.05, 0.1) is 29.1 Å². The number of carbonyl (C=O) groups excluding carboxylic acids is 3. The molecule has 0 aliphatic heterocycles. The van der Waals surface area contributed by atoms with Crippen LogP contribution in [-0.4, -0.2) is 66.7 Å². The van der Waals surface area contributed by atoms with Gasteiger partial charge in [-0.05, 0) is 16.7 Å². The Labute approximate surface area is 173 Å². The van der Waals surface area contributed by atoms with E-state index in [-0.39, 0.29) is 47.0 Å². The zero-order valence-electron chi connectivity index (χ0n) is 16.1. The highest BCUT2D eigenvalue weighted by atomic mass is 32.2. The standard InChI is InChI=1S/C16H19B3N2O7S/c1-8(22)20-14-10(5-17)13(16(24)28-3-4-29(25,26)27)11(6-18)15(12(14)7-19)21-9(2)23/h3-7H2,1-2H3,(H,20,22)(H,21,23)(H,25,26,27). The van der Waals surface area contributed by atoms with Crippen molar-refractivity contribution in [1.29, 1.82) is 0 Å². The molecular formula is C16H19B3N2O7S. The number of rotatable bonds is 9. The van der Waals surface area contributed by atoms with Crippen LogP contribution in [0.5, 0.6) is 0 Å². The molecule has 0 aromatic heterocycles. The van der Waals surface area contributed by atoms with Gasteiger partial charge in [-0.3, -0.25) is 14.1 Å². The molecule has 2 amide bonds. The van der Waals surface area contributed by atoms with Gasteiger partial charge in [0.25, 0.3) is 10.1 Å². The number of hydrogen-bond acceptors (Lipinski definition) is 6. The molecule has 0 aliphatic carbocycles. The third-order valence-corrected chi connectivity index (χ3v) is 4.49. The van der Waals surface area contributed by atoms with E-state index in [1.54, 1.807) is 0 Å². The molecule has 1 rings (SSSR count). The number of anilines is 2. The van der Waals surface area contributed by atoms with Crippen LogP contribution in [0.25, 0.3) is 0 Å². The Kier molecular flexibility index (Phi) is 8.96. The summed E-state index contributed by atoms with van der Waals surface area (Å²) in [6.07, 6.45) is -0.569. The summed E-state index contributed by atoms with van der Waals surface area (Å²) in [7, 11) is 13.1. The van der Waals surface area contributed by atoms with Gasteiger partial charge >= 0.3 is 5.97 Å². The highest BCUT2D eigenvalue weighted by Crippen LogP contribution is 2.37. The fourth-order valence-electron chi connectivity index (χ4n) is 2.75. The van der Waals surface area contributed by atoms with Gasteiger partial charge < -0.3 is 15.4 Å². The first-order valence-corrected chi connectivity index (χ1v) is 10.1. The first-order valence-electron chi connectivity index (χ1n) is 8.45. The third-order valence-electron chi connectivity index (χ3n) is 3.80. The smallest absolute Gasteiger partial charge is 0.338 e. The molecule has 0 fully saturated rings. The van der Waals surface area contributed by atoms with Crippen molar-refractivity contribution in [2.45, 2.75) is 32.8 Å². The summed E-state index contributed by atoms with van der Waals surface area (Å²) in [6, 6.07) is 0. The van der Waals surface area contributed by atoms with Crippen molar-refractivity contribution in [1.82, 2.24) is 0 Å². The van der Waals surface area contributed by atoms with Crippen LogP contribution in [-0.2, 0) is 43.4 Å². The maximum Gasteiger partial charge on any atom is 0.338 e. The summed E-state index contributed by atoms with van der Waals surface area (Å²) in [5, 5.41) is 5.10. The molecule has 0 unspecified atom stereocenters. The molecule has 6 radical (unpaired) electrons. The predicted molar refractivity (Wildman–Crippen MR) is 110 cm³/mol. The lowest BCUT2D eigenvalue weighted by atomic mass is 9.79. The van der Waals surface area contributed by atoms with Crippen LogP contribution in [0.2, 0.25) is 0 Å². The average Bonchev–Trinajstić information content (AvgIpc) is 2.59. The fraction of sp³-hybridized carbons (Fsp3) is 0.438. The van der Waals surface area contributed by atoms with E-state index in [4.69, 9.17) is 32.8 Å². The van der Waals surface area contributed by atoms with Gasteiger partial charge in [0.15, 0.2) is 0 Å². The molecule has 29 heavy (non-hydrogen) atoms. The fourth-order valence-corrected chi connectivity index (χ4v) is 3.04. The first kappa shape index (κ1) is 24.8. The normalized spacial score (nSPS) is 11.0. The molecule has 150 valence electrons. The van der Waals surface area contributed by atoms with Crippen LogP contribution in [0.15, 0.2) is 0 Å². The largest absolute Gasteiger partial charge is 0.461 e. The molecule has 0 atom stereocenters. The maximum absolute atomic E-state index is 12.7. The van der Waals surface area contributed by atoms with Crippen LogP contribution >= 0.6 is 0 Å². The lowest BCUT2D eigenvalue weighted by Gasteiger charge is -2.25. The average molecular weight is 416 g/mol. The SMILES string of the molecule is [B]Cc1c(NC(C)=O)c(C[B])c(C(=O)OCCS(=O)(=O)O)c(C[B])c1NC(C)=O. The molecule has 9 nitrogen and oxygen atoms in total. The van der Waals surface area contributed by atoms with Crippen molar-refractivity contribution >= 4 is 62.8 Å². The Morgan fingerprint density at radius 2 is 1.31 bits per heavy atom. The lowest BCUT2D eigenvalue weighted by Crippen LogP contribution is -2.23. The Morgan fingerprint density at radius 3 is 1.62 bits per heavy atom. The Hall–Kier alpha value is -2.27. The lowest BCUT2D eigenvalue weighted by molar-refractivity contribution is -0.115. The summed E-state index contributed by atoms with van der Waals surface area (Å²) < 4.78 is 35.4. The number of amides is 2. The van der Waals surface area contributed by atoms with E-state index >= 15 is 0 Å². The second-order valence-corrected chi connectivity index (χ2v) is 7.53. The molecule has 1 aromatic rings. The van der Waals surface area contributed by atoms with Gasteiger partial charge in [-0.2, -0.15) is 8.42 Å². The quantitative estimate of drug-likeness (QED) is 0.284. The first-order chi connectivity index (χ1) is 13.5. The monoisotopic (exact) mass is 416 g/mol. The second kappa shape index (κ2) is 10.5. The zero-order valence-corrected chi connectivity index (χ0v) is 16.9. The minimum absolute atomic E-state index is 0.122. The molecule has 0 bridgehead atoms. The molecule has 13 heteroatoms. The number of nitrogens with one attached hydrogen (secondary N) is 2. The van der Waals surface area contributed by atoms with Crippen LogP contribution in [0, 0.1) is 0 Å². The topological polar surface area (TPSA) is 139 Å². The van der Waals surface area contributed by atoms with Gasteiger partial charge in [0.2, 0.25) is 11.8 Å². The van der Waals surface area contributed by atoms with E-state index in [2.05, 4.69) is 10.6 Å². The van der Waals surface area contributed by atoms with E-state index in [1.807, 2.05) is 0 Å². The molecule has 0 spiro atoms. The van der Waals surface area contributed by atoms with Gasteiger partial charge in [0, 0.05) is 25.2 Å². The van der Waals surface area contributed by atoms with Gasteiger partial charge in [0.1, 0.15) is 12.4 Å². The molecule has 0 saturated heterocycles. The van der Waals surface area contributed by atoms with E-state index in [0.717, 1.165) is 0 Å². The summed E-state index contributed by atoms with van der Waals surface area (Å²) in [4.78, 5) is 36.1. The number of ether oxygens (including phenoxy) is 1. The Balaban J connectivity index is 3.72. The van der Waals surface area contributed by atoms with Crippen LogP contribution < -0.4 is 10.6 Å². The summed E-state index contributed by atoms with van der Waals surface area (Å²) >= 11 is 0. The van der Waals surface area contributed by atoms with Gasteiger partial charge in [-0.15, -0.1) is 0 Å². The number of benzene rings is 1. The minimum Gasteiger partial charge on any atom is -0.461 e. The zero-order chi connectivity index (χ0) is 22.4. The van der Waals surface area contributed by atoms with Crippen molar-refractivity contribution in [2.75, 3.05) is 23.0 Å². The number of esters is 1. The second-order valence-electron chi connectivity index (χ2n) is 5.96. The van der Waals surface area contributed by atoms with Gasteiger partial charge in [-0.1, -0.05) is 19.0 Å². The van der Waals surface area contributed by atoms with Crippen molar-refractivity contribution in [3.8, 4) is 0 Å². The minimum atomic E-state index is -4.35. The number of hydrogen-bond donors (Lipinski definition) is 3. The summed E-state index contributed by atoms with van der Waals surface area (Å²) in [5.41, 5.74) is 0.760. The molecule has 3 N–H and O–H groups in total. The van der Waals surface area contributed by atoms with Crippen molar-refractivity contribution in [2.24, 2.45) is 0 Å². The molecule has 0 aliphatic rings. The van der Waals surface area contributed by atoms with Gasteiger partial charge in [-0.25, -0.2) is 4.79 Å². The van der Waals surface area contributed by atoms with Crippen molar-refractivity contribution < 1.29 is 32.1 Å². The van der Waals surface area contributed by atoms with E-state index < -0.39 is 40.3 Å². The molecule has 1 aromatic carbocycles.